The van der Waals surface area contributed by atoms with E-state index in [4.69, 9.17) is 19.3 Å². The number of aliphatic hydroxyl groups excluding tert-OH is 1. The average Bonchev–Trinajstić information content (AvgIpc) is 2.93. The highest BCUT2D eigenvalue weighted by atomic mass is 16.7. The summed E-state index contributed by atoms with van der Waals surface area (Å²) in [6, 6.07) is 3.24. The van der Waals surface area contributed by atoms with Gasteiger partial charge in [0, 0.05) is 12.8 Å². The number of esters is 1. The molecular weight excluding hydrogens is 280 g/mol. The smallest absolute Gasteiger partial charge is 0.306 e. The Morgan fingerprint density at radius 3 is 2.81 bits per heavy atom. The van der Waals surface area contributed by atoms with Crippen molar-refractivity contribution in [3.8, 4) is 17.2 Å². The van der Waals surface area contributed by atoms with Gasteiger partial charge in [-0.3, -0.25) is 9.59 Å². The fourth-order valence-corrected chi connectivity index (χ4v) is 1.87. The molecule has 1 aliphatic rings. The van der Waals surface area contributed by atoms with Crippen molar-refractivity contribution in [2.75, 3.05) is 20.0 Å². The number of carbonyl (C=O) groups is 2. The number of Topliss-reactive ketones (excluding diaryl/α,β-unsaturated/α-hetero) is 1. The second kappa shape index (κ2) is 6.94. The quantitative estimate of drug-likeness (QED) is 0.708. The lowest BCUT2D eigenvalue weighted by atomic mass is 10.1. The minimum Gasteiger partial charge on any atom is -0.504 e. The molecule has 1 aliphatic heterocycles. The third kappa shape index (κ3) is 4.09. The minimum atomic E-state index is -0.566. The Bertz CT molecular complexity index is 538. The average molecular weight is 296 g/mol. The molecule has 0 spiro atoms. The summed E-state index contributed by atoms with van der Waals surface area (Å²) in [6.07, 6.45) is 0.329. The highest BCUT2D eigenvalue weighted by Crippen LogP contribution is 2.41. The third-order valence-electron chi connectivity index (χ3n) is 2.95. The maximum absolute atomic E-state index is 11.4. The molecular formula is C14H16O7. The Labute approximate surface area is 121 Å². The molecule has 1 aromatic rings. The number of benzene rings is 1. The zero-order valence-electron chi connectivity index (χ0n) is 11.3. The van der Waals surface area contributed by atoms with Gasteiger partial charge in [-0.05, 0) is 17.7 Å². The topological polar surface area (TPSA) is 102 Å². The normalized spacial score (nSPS) is 12.2. The molecule has 0 unspecified atom stereocenters. The molecule has 0 saturated carbocycles. The van der Waals surface area contributed by atoms with Gasteiger partial charge in [-0.1, -0.05) is 0 Å². The van der Waals surface area contributed by atoms with Crippen molar-refractivity contribution in [3.05, 3.63) is 17.7 Å². The Morgan fingerprint density at radius 1 is 1.24 bits per heavy atom. The van der Waals surface area contributed by atoms with Crippen molar-refractivity contribution in [1.29, 1.82) is 0 Å². The van der Waals surface area contributed by atoms with E-state index in [1.54, 1.807) is 6.07 Å². The van der Waals surface area contributed by atoms with E-state index in [2.05, 4.69) is 0 Å². The van der Waals surface area contributed by atoms with Gasteiger partial charge in [0.15, 0.2) is 17.3 Å². The van der Waals surface area contributed by atoms with Crippen LogP contribution in [0.2, 0.25) is 0 Å². The van der Waals surface area contributed by atoms with Crippen molar-refractivity contribution in [3.63, 3.8) is 0 Å². The Kier molecular flexibility index (Phi) is 4.99. The van der Waals surface area contributed by atoms with Crippen molar-refractivity contribution in [2.24, 2.45) is 0 Å². The van der Waals surface area contributed by atoms with E-state index in [-0.39, 0.29) is 32.0 Å². The first kappa shape index (κ1) is 15.1. The number of rotatable bonds is 7. The molecule has 7 heteroatoms. The largest absolute Gasteiger partial charge is 0.504 e. The summed E-state index contributed by atoms with van der Waals surface area (Å²) in [5.74, 6) is -0.127. The van der Waals surface area contributed by atoms with E-state index in [1.165, 1.54) is 6.07 Å². The molecule has 0 radical (unpaired) electrons. The first-order valence-corrected chi connectivity index (χ1v) is 6.50. The molecule has 0 saturated heterocycles. The lowest BCUT2D eigenvalue weighted by Gasteiger charge is -2.06. The molecule has 0 aromatic heterocycles. The number of ether oxygens (including phenoxy) is 3. The van der Waals surface area contributed by atoms with E-state index < -0.39 is 18.4 Å². The van der Waals surface area contributed by atoms with Crippen LogP contribution in [0.1, 0.15) is 18.4 Å². The summed E-state index contributed by atoms with van der Waals surface area (Å²) in [5, 5.41) is 18.2. The van der Waals surface area contributed by atoms with Crippen molar-refractivity contribution in [2.45, 2.75) is 19.3 Å². The van der Waals surface area contributed by atoms with E-state index in [9.17, 15) is 14.7 Å². The van der Waals surface area contributed by atoms with Gasteiger partial charge in [0.2, 0.25) is 12.5 Å². The highest BCUT2D eigenvalue weighted by molar-refractivity contribution is 5.83. The molecule has 7 nitrogen and oxygen atoms in total. The second-order valence-electron chi connectivity index (χ2n) is 4.52. The van der Waals surface area contributed by atoms with Crippen molar-refractivity contribution in [1.82, 2.24) is 0 Å². The maximum Gasteiger partial charge on any atom is 0.306 e. The van der Waals surface area contributed by atoms with Crippen LogP contribution in [-0.4, -0.2) is 42.0 Å². The number of hydrogen-bond donors (Lipinski definition) is 2. The molecule has 1 aromatic carbocycles. The molecule has 114 valence electrons. The summed E-state index contributed by atoms with van der Waals surface area (Å²) < 4.78 is 15.2. The fraction of sp³-hybridized carbons (Fsp3) is 0.429. The predicted octanol–water partition coefficient (Wildman–Crippen LogP) is 0.548. The van der Waals surface area contributed by atoms with Gasteiger partial charge in [0.05, 0.1) is 13.0 Å². The number of fused-ring (bicyclic) bond motifs is 1. The number of aliphatic hydroxyl groups is 1. The SMILES string of the molecule is O=C(CO)CCC(=O)OCCc1cc(O)c2c(c1)OCO2. The van der Waals surface area contributed by atoms with Crippen LogP contribution in [0, 0.1) is 0 Å². The zero-order chi connectivity index (χ0) is 15.2. The van der Waals surface area contributed by atoms with Gasteiger partial charge in [-0.25, -0.2) is 0 Å². The van der Waals surface area contributed by atoms with Crippen molar-refractivity contribution >= 4 is 11.8 Å². The first-order chi connectivity index (χ1) is 10.1. The first-order valence-electron chi connectivity index (χ1n) is 6.50. The molecule has 0 aliphatic carbocycles. The van der Waals surface area contributed by atoms with E-state index in [0.717, 1.165) is 5.56 Å². The van der Waals surface area contributed by atoms with Crippen LogP contribution in [0.5, 0.6) is 17.2 Å². The van der Waals surface area contributed by atoms with Gasteiger partial charge in [0.25, 0.3) is 0 Å². The van der Waals surface area contributed by atoms with Gasteiger partial charge < -0.3 is 24.4 Å². The van der Waals surface area contributed by atoms with E-state index in [1.807, 2.05) is 0 Å². The van der Waals surface area contributed by atoms with Gasteiger partial charge in [-0.2, -0.15) is 0 Å². The lowest BCUT2D eigenvalue weighted by Crippen LogP contribution is -2.11. The molecule has 2 rings (SSSR count). The van der Waals surface area contributed by atoms with Crippen LogP contribution in [0.25, 0.3) is 0 Å². The highest BCUT2D eigenvalue weighted by Gasteiger charge is 2.19. The number of aromatic hydroxyl groups is 1. The van der Waals surface area contributed by atoms with Crippen LogP contribution in [0.3, 0.4) is 0 Å². The summed E-state index contributed by atoms with van der Waals surface area (Å²) in [5.41, 5.74) is 0.746. The Morgan fingerprint density at radius 2 is 2.05 bits per heavy atom. The zero-order valence-corrected chi connectivity index (χ0v) is 11.3. The van der Waals surface area contributed by atoms with Crippen LogP contribution < -0.4 is 9.47 Å². The number of phenols is 1. The van der Waals surface area contributed by atoms with Crippen LogP contribution in [0.4, 0.5) is 0 Å². The fourth-order valence-electron chi connectivity index (χ4n) is 1.87. The van der Waals surface area contributed by atoms with Crippen LogP contribution in [0.15, 0.2) is 12.1 Å². The molecule has 0 atom stereocenters. The summed E-state index contributed by atoms with van der Waals surface area (Å²) >= 11 is 0. The standard InChI is InChI=1S/C14H16O7/c15-7-10(16)1-2-13(18)19-4-3-9-5-11(17)14-12(6-9)20-8-21-14/h5-6,15,17H,1-4,7-8H2. The third-order valence-corrected chi connectivity index (χ3v) is 2.95. The van der Waals surface area contributed by atoms with Crippen LogP contribution >= 0.6 is 0 Å². The number of carbonyl (C=O) groups excluding carboxylic acids is 2. The van der Waals surface area contributed by atoms with E-state index in [0.29, 0.717) is 17.9 Å². The molecule has 2 N–H and O–H groups in total. The maximum atomic E-state index is 11.4. The van der Waals surface area contributed by atoms with Gasteiger partial charge in [0.1, 0.15) is 6.61 Å². The molecule has 0 amide bonds. The predicted molar refractivity (Wildman–Crippen MR) is 70.2 cm³/mol. The number of ketones is 1. The molecule has 0 bridgehead atoms. The van der Waals surface area contributed by atoms with E-state index >= 15 is 0 Å². The molecule has 21 heavy (non-hydrogen) atoms. The second-order valence-corrected chi connectivity index (χ2v) is 4.52. The summed E-state index contributed by atoms with van der Waals surface area (Å²) in [4.78, 5) is 22.2. The lowest BCUT2D eigenvalue weighted by molar-refractivity contribution is -0.144. The number of phenolic OH excluding ortho intramolecular Hbond substituents is 1. The Balaban J connectivity index is 1.77. The molecule has 1 heterocycles. The summed E-state index contributed by atoms with van der Waals surface area (Å²) in [6.45, 7) is -0.366. The van der Waals surface area contributed by atoms with Crippen LogP contribution in [-0.2, 0) is 20.7 Å². The van der Waals surface area contributed by atoms with Gasteiger partial charge >= 0.3 is 5.97 Å². The number of hydrogen-bond acceptors (Lipinski definition) is 7. The summed E-state index contributed by atoms with van der Waals surface area (Å²) in [7, 11) is 0. The van der Waals surface area contributed by atoms with Gasteiger partial charge in [-0.15, -0.1) is 0 Å². The monoisotopic (exact) mass is 296 g/mol. The molecule has 0 fully saturated rings. The van der Waals surface area contributed by atoms with Crippen molar-refractivity contribution < 1.29 is 34.0 Å². The Hall–Kier alpha value is -2.28. The minimum absolute atomic E-state index is 0.0140.